The van der Waals surface area contributed by atoms with Crippen LogP contribution in [0.2, 0.25) is 0 Å². The van der Waals surface area contributed by atoms with Crippen LogP contribution in [0.5, 0.6) is 0 Å². The van der Waals surface area contributed by atoms with Crippen molar-refractivity contribution in [3.63, 3.8) is 0 Å². The van der Waals surface area contributed by atoms with Crippen LogP contribution in [-0.4, -0.2) is 60.6 Å². The van der Waals surface area contributed by atoms with Gasteiger partial charge < -0.3 is 24.8 Å². The normalized spacial score (nSPS) is 13.6. The Morgan fingerprint density at radius 2 is 1.50 bits per heavy atom. The lowest BCUT2D eigenvalue weighted by atomic mass is 9.98. The Morgan fingerprint density at radius 1 is 0.921 bits per heavy atom. The van der Waals surface area contributed by atoms with Crippen molar-refractivity contribution in [2.24, 2.45) is 0 Å². The van der Waals surface area contributed by atoms with E-state index in [9.17, 15) is 14.4 Å². The number of benzene rings is 2. The van der Waals surface area contributed by atoms with Crippen LogP contribution < -0.4 is 10.6 Å². The van der Waals surface area contributed by atoms with Crippen LogP contribution in [0.25, 0.3) is 11.1 Å². The monoisotopic (exact) mass is 560 g/mol. The molecule has 2 aromatic rings. The fourth-order valence-electron chi connectivity index (χ4n) is 3.98. The van der Waals surface area contributed by atoms with E-state index in [2.05, 4.69) is 22.8 Å². The summed E-state index contributed by atoms with van der Waals surface area (Å²) < 4.78 is 15.4. The smallest absolute Gasteiger partial charge is 0.407 e. The van der Waals surface area contributed by atoms with Gasteiger partial charge in [0.05, 0.1) is 7.11 Å². The highest BCUT2D eigenvalue weighted by atomic mass is 33.1. The maximum Gasteiger partial charge on any atom is 0.407 e. The van der Waals surface area contributed by atoms with E-state index in [1.54, 1.807) is 20.8 Å². The van der Waals surface area contributed by atoms with Crippen molar-refractivity contribution in [3.05, 3.63) is 59.7 Å². The number of hydrogen-bond donors (Lipinski definition) is 2. The van der Waals surface area contributed by atoms with Crippen LogP contribution in [0.1, 0.15) is 51.7 Å². The van der Waals surface area contributed by atoms with Gasteiger partial charge in [-0.05, 0) is 56.9 Å². The molecule has 0 aromatic heterocycles. The van der Waals surface area contributed by atoms with Crippen molar-refractivity contribution in [1.82, 2.24) is 10.6 Å². The summed E-state index contributed by atoms with van der Waals surface area (Å²) in [7, 11) is 4.16. The third-order valence-corrected chi connectivity index (χ3v) is 9.00. The molecule has 38 heavy (non-hydrogen) atoms. The average molecular weight is 561 g/mol. The molecule has 3 rings (SSSR count). The third-order valence-electron chi connectivity index (χ3n) is 5.70. The van der Waals surface area contributed by atoms with E-state index in [0.29, 0.717) is 6.54 Å². The molecule has 2 amide bonds. The summed E-state index contributed by atoms with van der Waals surface area (Å²) in [5, 5.41) is 5.41. The number of nitrogens with one attached hydrogen (secondary N) is 2. The minimum absolute atomic E-state index is 0.0760. The van der Waals surface area contributed by atoms with Gasteiger partial charge in [0.15, 0.2) is 0 Å². The van der Waals surface area contributed by atoms with E-state index in [4.69, 9.17) is 14.2 Å². The highest BCUT2D eigenvalue weighted by molar-refractivity contribution is 8.77. The topological polar surface area (TPSA) is 103 Å². The molecule has 8 nitrogen and oxygen atoms in total. The van der Waals surface area contributed by atoms with Gasteiger partial charge in [0, 0.05) is 23.0 Å². The Hall–Kier alpha value is -2.85. The van der Waals surface area contributed by atoms with Gasteiger partial charge in [-0.2, -0.15) is 0 Å². The summed E-state index contributed by atoms with van der Waals surface area (Å²) in [6.45, 7) is 9.86. The second-order valence-electron chi connectivity index (χ2n) is 10.5. The number of amides is 2. The lowest BCUT2D eigenvalue weighted by Gasteiger charge is -2.26. The van der Waals surface area contributed by atoms with Crippen molar-refractivity contribution in [3.8, 4) is 11.1 Å². The SMILES string of the molecule is COC(=O)[C@H](CSSC(C)(C)CNC(=O)OC(C)(C)C)NC(=O)OCC1c2ccccc2-c2ccccc21. The molecule has 0 aliphatic heterocycles. The van der Waals surface area contributed by atoms with Gasteiger partial charge in [-0.25, -0.2) is 14.4 Å². The Labute approximate surface area is 232 Å². The van der Waals surface area contributed by atoms with Crippen LogP contribution >= 0.6 is 21.6 Å². The van der Waals surface area contributed by atoms with Crippen LogP contribution in [0.15, 0.2) is 48.5 Å². The fourth-order valence-corrected chi connectivity index (χ4v) is 6.60. The van der Waals surface area contributed by atoms with Crippen LogP contribution in [0.3, 0.4) is 0 Å². The summed E-state index contributed by atoms with van der Waals surface area (Å²) in [6, 6.07) is 15.3. The summed E-state index contributed by atoms with van der Waals surface area (Å²) in [4.78, 5) is 37.0. The fraction of sp³-hybridized carbons (Fsp3) is 0.464. The Morgan fingerprint density at radius 3 is 2.05 bits per heavy atom. The molecular formula is C28H36N2O6S2. The molecule has 0 spiro atoms. The molecule has 0 saturated carbocycles. The molecule has 1 aliphatic carbocycles. The average Bonchev–Trinajstić information content (AvgIpc) is 3.18. The number of rotatable bonds is 10. The van der Waals surface area contributed by atoms with Crippen molar-refractivity contribution in [2.45, 2.75) is 56.9 Å². The van der Waals surface area contributed by atoms with Crippen LogP contribution in [0.4, 0.5) is 9.59 Å². The first-order valence-corrected chi connectivity index (χ1v) is 14.7. The zero-order chi connectivity index (χ0) is 27.9. The van der Waals surface area contributed by atoms with E-state index in [1.807, 2.05) is 50.2 Å². The van der Waals surface area contributed by atoms with Gasteiger partial charge in [0.1, 0.15) is 18.2 Å². The number of hydrogen-bond acceptors (Lipinski definition) is 8. The highest BCUT2D eigenvalue weighted by Crippen LogP contribution is 2.44. The molecule has 0 saturated heterocycles. The summed E-state index contributed by atoms with van der Waals surface area (Å²) in [6.07, 6.45) is -1.17. The first-order valence-electron chi connectivity index (χ1n) is 12.4. The van der Waals surface area contributed by atoms with E-state index in [-0.39, 0.29) is 23.0 Å². The standard InChI is InChI=1S/C28H36N2O6S2/c1-27(2,3)36-25(32)29-17-28(4,5)38-37-16-23(24(31)34-6)30-26(33)35-15-22-20-13-9-7-11-18(20)19-12-8-10-14-21(19)22/h7-14,22-23H,15-17H2,1-6H3,(H,29,32)(H,30,33)/t23-/m0/s1. The lowest BCUT2D eigenvalue weighted by molar-refractivity contribution is -0.142. The number of carbonyl (C=O) groups excluding carboxylic acids is 3. The first kappa shape index (κ1) is 29.7. The Balaban J connectivity index is 1.51. The Kier molecular flexibility index (Phi) is 10.0. The molecule has 1 atom stereocenters. The van der Waals surface area contributed by atoms with Gasteiger partial charge in [0.2, 0.25) is 0 Å². The van der Waals surface area contributed by atoms with Gasteiger partial charge in [0.25, 0.3) is 0 Å². The van der Waals surface area contributed by atoms with Gasteiger partial charge in [-0.15, -0.1) is 0 Å². The molecule has 0 heterocycles. The molecular weight excluding hydrogens is 524 g/mol. The van der Waals surface area contributed by atoms with E-state index in [0.717, 1.165) is 22.3 Å². The summed E-state index contributed by atoms with van der Waals surface area (Å²) in [5.74, 6) is -0.374. The molecule has 0 radical (unpaired) electrons. The zero-order valence-corrected chi connectivity index (χ0v) is 24.3. The van der Waals surface area contributed by atoms with Crippen molar-refractivity contribution in [2.75, 3.05) is 26.0 Å². The van der Waals surface area contributed by atoms with Gasteiger partial charge in [-0.1, -0.05) is 70.1 Å². The lowest BCUT2D eigenvalue weighted by Crippen LogP contribution is -2.44. The summed E-state index contributed by atoms with van der Waals surface area (Å²) in [5.41, 5.74) is 3.93. The van der Waals surface area contributed by atoms with Crippen LogP contribution in [0, 0.1) is 0 Å². The molecule has 0 unspecified atom stereocenters. The molecule has 0 fully saturated rings. The minimum atomic E-state index is -0.886. The van der Waals surface area contributed by atoms with E-state index in [1.165, 1.54) is 28.7 Å². The number of carbonyl (C=O) groups is 3. The third kappa shape index (κ3) is 8.33. The molecule has 2 N–H and O–H groups in total. The number of methoxy groups -OCH3 is 1. The van der Waals surface area contributed by atoms with Gasteiger partial charge in [-0.3, -0.25) is 0 Å². The maximum atomic E-state index is 12.7. The predicted molar refractivity (Wildman–Crippen MR) is 152 cm³/mol. The zero-order valence-electron chi connectivity index (χ0n) is 22.7. The number of fused-ring (bicyclic) bond motifs is 3. The van der Waals surface area contributed by atoms with Gasteiger partial charge >= 0.3 is 18.2 Å². The number of esters is 1. The molecule has 2 aromatic carbocycles. The van der Waals surface area contributed by atoms with Crippen molar-refractivity contribution in [1.29, 1.82) is 0 Å². The highest BCUT2D eigenvalue weighted by Gasteiger charge is 2.30. The second kappa shape index (κ2) is 12.8. The van der Waals surface area contributed by atoms with E-state index >= 15 is 0 Å². The molecule has 1 aliphatic rings. The molecule has 206 valence electrons. The summed E-state index contributed by atoms with van der Waals surface area (Å²) >= 11 is 0. The van der Waals surface area contributed by atoms with Crippen molar-refractivity contribution >= 4 is 39.7 Å². The molecule has 0 bridgehead atoms. The van der Waals surface area contributed by atoms with Crippen molar-refractivity contribution < 1.29 is 28.6 Å². The number of alkyl carbamates (subject to hydrolysis) is 2. The minimum Gasteiger partial charge on any atom is -0.467 e. The van der Waals surface area contributed by atoms with Crippen LogP contribution in [-0.2, 0) is 19.0 Å². The Bertz CT molecular complexity index is 1100. The second-order valence-corrected chi connectivity index (χ2v) is 13.6. The largest absolute Gasteiger partial charge is 0.467 e. The number of ether oxygens (including phenoxy) is 3. The van der Waals surface area contributed by atoms with E-state index < -0.39 is 29.8 Å². The molecule has 10 heteroatoms. The maximum absolute atomic E-state index is 12.7. The predicted octanol–water partition coefficient (Wildman–Crippen LogP) is 5.75. The first-order chi connectivity index (χ1) is 17.9. The quantitative estimate of drug-likeness (QED) is 0.215.